The Morgan fingerprint density at radius 2 is 0.528 bits per heavy atom. The van der Waals surface area contributed by atoms with E-state index in [2.05, 4.69) is 43.5 Å². The maximum Gasteiger partial charge on any atom is 0.305 e. The Kier molecular flexibility index (Phi) is 77.3. The third kappa shape index (κ3) is 75.3. The number of unbranched alkanes of at least 4 members (excludes halogenated alkanes) is 63. The first-order valence-corrected chi connectivity index (χ1v) is 41.1. The average Bonchev–Trinajstić information content (AvgIpc) is 3.64. The van der Waals surface area contributed by atoms with Gasteiger partial charge < -0.3 is 20.3 Å². The van der Waals surface area contributed by atoms with Crippen LogP contribution in [0.1, 0.15) is 470 Å². The zero-order valence-corrected chi connectivity index (χ0v) is 60.7. The minimum Gasteiger partial charge on any atom is -0.466 e. The standard InChI is InChI=1S/C83H161NO5/c1-3-5-7-9-11-13-15-17-19-21-41-44-47-51-55-59-63-67-71-75-81(86)80(79-85)84-82(87)76-72-68-64-60-56-52-48-45-42-39-37-35-33-31-29-27-25-23-22-24-26-28-30-32-34-36-38-40-43-46-50-54-58-62-66-70-74-78-89-83(88)77-73-69-65-61-57-53-49-20-18-16-14-12-10-8-6-4-2/h20,22,24,49,80-81,85-86H,3-19,21,23,25-48,50-79H2,1-2H3,(H,84,87)/b24-22-,49-20-. The Bertz CT molecular complexity index is 1400. The summed E-state index contributed by atoms with van der Waals surface area (Å²) in [6.07, 6.45) is 101. The molecule has 6 heteroatoms. The minimum absolute atomic E-state index is 0.0151. The molecule has 0 fully saturated rings. The van der Waals surface area contributed by atoms with Crippen molar-refractivity contribution in [3.63, 3.8) is 0 Å². The third-order valence-corrected chi connectivity index (χ3v) is 19.5. The molecule has 0 heterocycles. The molecule has 0 saturated heterocycles. The predicted octanol–water partition coefficient (Wildman–Crippen LogP) is 27.2. The van der Waals surface area contributed by atoms with Crippen LogP contribution in [-0.2, 0) is 14.3 Å². The van der Waals surface area contributed by atoms with Gasteiger partial charge in [-0.25, -0.2) is 0 Å². The minimum atomic E-state index is -0.662. The van der Waals surface area contributed by atoms with Crippen LogP contribution in [0.25, 0.3) is 0 Å². The van der Waals surface area contributed by atoms with Gasteiger partial charge in [0.15, 0.2) is 0 Å². The number of carbonyl (C=O) groups excluding carboxylic acids is 2. The summed E-state index contributed by atoms with van der Waals surface area (Å²) >= 11 is 0. The molecule has 0 aromatic carbocycles. The van der Waals surface area contributed by atoms with E-state index in [-0.39, 0.29) is 18.5 Å². The molecular weight excluding hydrogens is 1090 g/mol. The third-order valence-electron chi connectivity index (χ3n) is 19.5. The summed E-state index contributed by atoms with van der Waals surface area (Å²) in [5.74, 6) is -0.0109. The quantitative estimate of drug-likeness (QED) is 0.0320. The van der Waals surface area contributed by atoms with Crippen molar-refractivity contribution in [2.75, 3.05) is 13.2 Å². The van der Waals surface area contributed by atoms with Crippen LogP contribution in [0.4, 0.5) is 0 Å². The van der Waals surface area contributed by atoms with E-state index in [1.54, 1.807) is 0 Å². The van der Waals surface area contributed by atoms with Gasteiger partial charge in [0.1, 0.15) is 0 Å². The molecule has 89 heavy (non-hydrogen) atoms. The van der Waals surface area contributed by atoms with Crippen LogP contribution < -0.4 is 5.32 Å². The number of aliphatic hydroxyl groups excluding tert-OH is 2. The zero-order valence-electron chi connectivity index (χ0n) is 60.7. The van der Waals surface area contributed by atoms with Gasteiger partial charge in [-0.05, 0) is 77.0 Å². The molecule has 0 spiro atoms. The Morgan fingerprint density at radius 3 is 0.798 bits per heavy atom. The highest BCUT2D eigenvalue weighted by Crippen LogP contribution is 2.20. The van der Waals surface area contributed by atoms with E-state index in [1.807, 2.05) is 0 Å². The molecule has 0 rings (SSSR count). The second kappa shape index (κ2) is 78.8. The van der Waals surface area contributed by atoms with E-state index in [9.17, 15) is 19.8 Å². The van der Waals surface area contributed by atoms with Crippen LogP contribution in [0.5, 0.6) is 0 Å². The Hall–Kier alpha value is -1.66. The number of hydrogen-bond acceptors (Lipinski definition) is 5. The fourth-order valence-electron chi connectivity index (χ4n) is 13.2. The smallest absolute Gasteiger partial charge is 0.305 e. The number of aliphatic hydroxyl groups is 2. The lowest BCUT2D eigenvalue weighted by atomic mass is 10.0. The molecular formula is C83H161NO5. The SMILES string of the molecule is CCCCCCCCC/C=C\CCCCCCCC(=O)OCCCCCCCCCCCCCCCCCC/C=C\CCCCCCCCCCCCCCCCCCCC(=O)NC(CO)C(O)CCCCCCCCCCCCCCCCCCCCC. The van der Waals surface area contributed by atoms with Crippen LogP contribution >= 0.6 is 0 Å². The van der Waals surface area contributed by atoms with Gasteiger partial charge in [0, 0.05) is 12.8 Å². The first-order valence-electron chi connectivity index (χ1n) is 41.1. The van der Waals surface area contributed by atoms with E-state index in [0.29, 0.717) is 25.9 Å². The van der Waals surface area contributed by atoms with Crippen LogP contribution in [-0.4, -0.2) is 47.4 Å². The van der Waals surface area contributed by atoms with Gasteiger partial charge in [0.25, 0.3) is 0 Å². The highest BCUT2D eigenvalue weighted by Gasteiger charge is 2.20. The molecule has 528 valence electrons. The van der Waals surface area contributed by atoms with Crippen molar-refractivity contribution >= 4 is 11.9 Å². The maximum absolute atomic E-state index is 12.6. The van der Waals surface area contributed by atoms with Gasteiger partial charge in [-0.1, -0.05) is 404 Å². The van der Waals surface area contributed by atoms with Gasteiger partial charge in [0.05, 0.1) is 25.4 Å². The molecule has 6 nitrogen and oxygen atoms in total. The van der Waals surface area contributed by atoms with E-state index in [0.717, 1.165) is 44.9 Å². The number of hydrogen-bond donors (Lipinski definition) is 3. The average molecular weight is 1250 g/mol. The van der Waals surface area contributed by atoms with E-state index >= 15 is 0 Å². The first kappa shape index (κ1) is 87.3. The molecule has 0 radical (unpaired) electrons. The normalized spacial score (nSPS) is 12.5. The second-order valence-corrected chi connectivity index (χ2v) is 28.5. The second-order valence-electron chi connectivity index (χ2n) is 28.5. The first-order chi connectivity index (χ1) is 44.0. The number of amides is 1. The fourth-order valence-corrected chi connectivity index (χ4v) is 13.2. The molecule has 0 aliphatic rings. The topological polar surface area (TPSA) is 95.9 Å². The van der Waals surface area contributed by atoms with Gasteiger partial charge >= 0.3 is 5.97 Å². The van der Waals surface area contributed by atoms with Crippen molar-refractivity contribution in [3.8, 4) is 0 Å². The number of rotatable bonds is 78. The summed E-state index contributed by atoms with van der Waals surface area (Å²) in [5.41, 5.74) is 0. The molecule has 0 saturated carbocycles. The predicted molar refractivity (Wildman–Crippen MR) is 393 cm³/mol. The molecule has 2 unspecified atom stereocenters. The van der Waals surface area contributed by atoms with Crippen molar-refractivity contribution in [2.24, 2.45) is 0 Å². The summed E-state index contributed by atoms with van der Waals surface area (Å²) in [5, 5.41) is 23.4. The van der Waals surface area contributed by atoms with Crippen molar-refractivity contribution in [2.45, 2.75) is 482 Å². The molecule has 0 aromatic rings. The number of carbonyl (C=O) groups is 2. The molecule has 1 amide bonds. The van der Waals surface area contributed by atoms with Crippen LogP contribution in [0.2, 0.25) is 0 Å². The van der Waals surface area contributed by atoms with Crippen molar-refractivity contribution in [1.82, 2.24) is 5.32 Å². The highest BCUT2D eigenvalue weighted by atomic mass is 16.5. The molecule has 0 aliphatic carbocycles. The molecule has 3 N–H and O–H groups in total. The van der Waals surface area contributed by atoms with Gasteiger partial charge in [-0.2, -0.15) is 0 Å². The van der Waals surface area contributed by atoms with E-state index in [4.69, 9.17) is 4.74 Å². The summed E-state index contributed by atoms with van der Waals surface area (Å²) in [7, 11) is 0. The van der Waals surface area contributed by atoms with Crippen LogP contribution in [0.15, 0.2) is 24.3 Å². The summed E-state index contributed by atoms with van der Waals surface area (Å²) in [6, 6.07) is -0.539. The lowest BCUT2D eigenvalue weighted by molar-refractivity contribution is -0.143. The number of esters is 1. The monoisotopic (exact) mass is 1250 g/mol. The van der Waals surface area contributed by atoms with Gasteiger partial charge in [-0.15, -0.1) is 0 Å². The Balaban J connectivity index is 3.33. The van der Waals surface area contributed by atoms with Gasteiger partial charge in [-0.3, -0.25) is 9.59 Å². The molecule has 2 atom stereocenters. The molecule has 0 aromatic heterocycles. The number of nitrogens with one attached hydrogen (secondary N) is 1. The number of ether oxygens (including phenoxy) is 1. The van der Waals surface area contributed by atoms with Crippen LogP contribution in [0.3, 0.4) is 0 Å². The van der Waals surface area contributed by atoms with E-state index < -0.39 is 12.1 Å². The Morgan fingerprint density at radius 1 is 0.303 bits per heavy atom. The highest BCUT2D eigenvalue weighted by molar-refractivity contribution is 5.76. The number of allylic oxidation sites excluding steroid dienone is 4. The lowest BCUT2D eigenvalue weighted by Gasteiger charge is -2.22. The van der Waals surface area contributed by atoms with Crippen molar-refractivity contribution in [1.29, 1.82) is 0 Å². The molecule has 0 bridgehead atoms. The Labute approximate surface area is 558 Å². The van der Waals surface area contributed by atoms with E-state index in [1.165, 1.54) is 392 Å². The summed E-state index contributed by atoms with van der Waals surface area (Å²) in [6.45, 7) is 5.00. The molecule has 0 aliphatic heterocycles. The van der Waals surface area contributed by atoms with Gasteiger partial charge in [0.2, 0.25) is 5.91 Å². The zero-order chi connectivity index (χ0) is 64.2. The maximum atomic E-state index is 12.6. The summed E-state index contributed by atoms with van der Waals surface area (Å²) in [4.78, 5) is 24.7. The largest absolute Gasteiger partial charge is 0.466 e. The summed E-state index contributed by atoms with van der Waals surface area (Å²) < 4.78 is 5.50. The van der Waals surface area contributed by atoms with Crippen molar-refractivity contribution < 1.29 is 24.5 Å². The van der Waals surface area contributed by atoms with Crippen molar-refractivity contribution in [3.05, 3.63) is 24.3 Å². The fraction of sp³-hybridized carbons (Fsp3) is 0.928. The lowest BCUT2D eigenvalue weighted by Crippen LogP contribution is -2.45. The van der Waals surface area contributed by atoms with Crippen LogP contribution in [0, 0.1) is 0 Å².